The van der Waals surface area contributed by atoms with Gasteiger partial charge < -0.3 is 10.2 Å². The Hall–Kier alpha value is -3.05. The van der Waals surface area contributed by atoms with E-state index in [1.807, 2.05) is 4.90 Å². The average molecular weight is 450 g/mol. The molecule has 166 valence electrons. The van der Waals surface area contributed by atoms with Crippen molar-refractivity contribution in [2.45, 2.75) is 6.42 Å². The van der Waals surface area contributed by atoms with Crippen LogP contribution in [0.2, 0.25) is 0 Å². The Bertz CT molecular complexity index is 1060. The second-order valence-electron chi connectivity index (χ2n) is 7.04. The van der Waals surface area contributed by atoms with Crippen molar-refractivity contribution in [1.29, 1.82) is 0 Å². The van der Waals surface area contributed by atoms with Gasteiger partial charge in [-0.05, 0) is 24.6 Å². The molecule has 0 aliphatic carbocycles. The number of amides is 1. The fraction of sp³-hybridized carbons (Fsp3) is 0.350. The first-order valence-electron chi connectivity index (χ1n) is 9.78. The minimum absolute atomic E-state index is 0.0688. The van der Waals surface area contributed by atoms with E-state index in [0.29, 0.717) is 18.8 Å². The summed E-state index contributed by atoms with van der Waals surface area (Å²) in [5.41, 5.74) is 0.0808. The number of sulfonamides is 1. The van der Waals surface area contributed by atoms with Crippen molar-refractivity contribution in [2.24, 2.45) is 0 Å². The number of para-hydroxylation sites is 2. The molecule has 0 unspecified atom stereocenters. The molecule has 1 N–H and O–H groups in total. The van der Waals surface area contributed by atoms with Gasteiger partial charge in [-0.25, -0.2) is 12.8 Å². The highest BCUT2D eigenvalue weighted by atomic mass is 32.2. The summed E-state index contributed by atoms with van der Waals surface area (Å²) in [6, 6.07) is 11.9. The van der Waals surface area contributed by atoms with Crippen LogP contribution in [-0.2, 0) is 10.0 Å². The van der Waals surface area contributed by atoms with Crippen LogP contribution < -0.4 is 10.2 Å². The van der Waals surface area contributed by atoms with Crippen LogP contribution in [0.3, 0.4) is 0 Å². The molecule has 1 saturated heterocycles. The van der Waals surface area contributed by atoms with Crippen LogP contribution in [0.5, 0.6) is 0 Å². The van der Waals surface area contributed by atoms with E-state index in [2.05, 4.69) is 5.32 Å². The molecular weight excluding hydrogens is 427 g/mol. The highest BCUT2D eigenvalue weighted by Gasteiger charge is 2.27. The van der Waals surface area contributed by atoms with Crippen molar-refractivity contribution in [3.63, 3.8) is 0 Å². The van der Waals surface area contributed by atoms with E-state index in [9.17, 15) is 27.7 Å². The lowest BCUT2D eigenvalue weighted by Crippen LogP contribution is -2.49. The van der Waals surface area contributed by atoms with Crippen molar-refractivity contribution in [3.8, 4) is 0 Å². The number of nitro groups is 1. The standard InChI is InChI=1S/C20H23FN4O5S/c21-17-7-2-4-9-19(17)23-11-13-24(14-12-23)31(29,30)15-5-10-22-20(26)16-6-1-3-8-18(16)25(27)28/h1-4,6-9H,5,10-15H2,(H,22,26). The van der Waals surface area contributed by atoms with Crippen molar-refractivity contribution < 1.29 is 22.5 Å². The highest BCUT2D eigenvalue weighted by molar-refractivity contribution is 7.89. The number of nitrogens with zero attached hydrogens (tertiary/aromatic N) is 3. The zero-order valence-electron chi connectivity index (χ0n) is 16.7. The lowest BCUT2D eigenvalue weighted by Gasteiger charge is -2.35. The predicted octanol–water partition coefficient (Wildman–Crippen LogP) is 2.01. The Labute approximate surface area is 179 Å². The van der Waals surface area contributed by atoms with E-state index in [0.717, 1.165) is 0 Å². The van der Waals surface area contributed by atoms with Crippen molar-refractivity contribution in [3.05, 3.63) is 70.0 Å². The van der Waals surface area contributed by atoms with Gasteiger partial charge in [0, 0.05) is 38.8 Å². The zero-order chi connectivity index (χ0) is 22.4. The molecule has 0 aromatic heterocycles. The minimum atomic E-state index is -3.53. The summed E-state index contributed by atoms with van der Waals surface area (Å²) in [5, 5.41) is 13.5. The number of hydrogen-bond donors (Lipinski definition) is 1. The third kappa shape index (κ3) is 5.56. The lowest BCUT2D eigenvalue weighted by molar-refractivity contribution is -0.385. The molecule has 1 aliphatic heterocycles. The summed E-state index contributed by atoms with van der Waals surface area (Å²) in [4.78, 5) is 24.4. The van der Waals surface area contributed by atoms with E-state index in [1.54, 1.807) is 18.2 Å². The van der Waals surface area contributed by atoms with E-state index < -0.39 is 20.9 Å². The molecule has 0 spiro atoms. The summed E-state index contributed by atoms with van der Waals surface area (Å²) >= 11 is 0. The lowest BCUT2D eigenvalue weighted by atomic mass is 10.1. The van der Waals surface area contributed by atoms with Crippen molar-refractivity contribution in [1.82, 2.24) is 9.62 Å². The number of halogens is 1. The van der Waals surface area contributed by atoms with E-state index in [1.165, 1.54) is 34.6 Å². The van der Waals surface area contributed by atoms with Gasteiger partial charge in [0.05, 0.1) is 16.4 Å². The third-order valence-corrected chi connectivity index (χ3v) is 6.99. The number of carbonyl (C=O) groups is 1. The van der Waals surface area contributed by atoms with Crippen LogP contribution in [0.15, 0.2) is 48.5 Å². The number of piperazine rings is 1. The summed E-state index contributed by atoms with van der Waals surface area (Å²) in [7, 11) is -3.53. The van der Waals surface area contributed by atoms with Crippen LogP contribution in [0.25, 0.3) is 0 Å². The Morgan fingerprint density at radius 2 is 1.71 bits per heavy atom. The third-order valence-electron chi connectivity index (χ3n) is 5.04. The number of rotatable bonds is 8. The zero-order valence-corrected chi connectivity index (χ0v) is 17.6. The molecule has 0 atom stereocenters. The molecule has 1 amide bonds. The molecule has 2 aromatic rings. The quantitative estimate of drug-likeness (QED) is 0.374. The number of carbonyl (C=O) groups excluding carboxylic acids is 1. The van der Waals surface area contributed by atoms with Crippen molar-refractivity contribution >= 4 is 27.3 Å². The normalized spacial score (nSPS) is 14.9. The maximum Gasteiger partial charge on any atom is 0.282 e. The van der Waals surface area contributed by atoms with Crippen LogP contribution in [-0.4, -0.2) is 62.0 Å². The molecule has 11 heteroatoms. The molecule has 1 fully saturated rings. The minimum Gasteiger partial charge on any atom is -0.367 e. The van der Waals surface area contributed by atoms with E-state index in [4.69, 9.17) is 0 Å². The Kier molecular flexibility index (Phi) is 7.18. The Morgan fingerprint density at radius 3 is 2.39 bits per heavy atom. The second-order valence-corrected chi connectivity index (χ2v) is 9.13. The Morgan fingerprint density at radius 1 is 1.06 bits per heavy atom. The molecule has 2 aromatic carbocycles. The second kappa shape index (κ2) is 9.84. The van der Waals surface area contributed by atoms with Crippen LogP contribution in [0.1, 0.15) is 16.8 Å². The summed E-state index contributed by atoms with van der Waals surface area (Å²) in [6.45, 7) is 1.33. The summed E-state index contributed by atoms with van der Waals surface area (Å²) < 4.78 is 40.5. The van der Waals surface area contributed by atoms with Gasteiger partial charge in [0.25, 0.3) is 11.6 Å². The van der Waals surface area contributed by atoms with Gasteiger partial charge in [-0.15, -0.1) is 0 Å². The van der Waals surface area contributed by atoms with Gasteiger partial charge in [0.1, 0.15) is 11.4 Å². The topological polar surface area (TPSA) is 113 Å². The number of nitrogens with one attached hydrogen (secondary N) is 1. The van der Waals surface area contributed by atoms with Crippen LogP contribution in [0.4, 0.5) is 15.8 Å². The summed E-state index contributed by atoms with van der Waals surface area (Å²) in [6.07, 6.45) is 0.169. The number of hydrogen-bond acceptors (Lipinski definition) is 6. The van der Waals surface area contributed by atoms with Gasteiger partial charge in [0.2, 0.25) is 10.0 Å². The SMILES string of the molecule is O=C(NCCCS(=O)(=O)N1CCN(c2ccccc2F)CC1)c1ccccc1[N+](=O)[O-]. The number of nitro benzene ring substituents is 1. The van der Waals surface area contributed by atoms with Gasteiger partial charge in [-0.1, -0.05) is 24.3 Å². The van der Waals surface area contributed by atoms with Gasteiger partial charge in [-0.3, -0.25) is 14.9 Å². The van der Waals surface area contributed by atoms with E-state index >= 15 is 0 Å². The predicted molar refractivity (Wildman–Crippen MR) is 114 cm³/mol. The first-order chi connectivity index (χ1) is 14.8. The van der Waals surface area contributed by atoms with E-state index in [-0.39, 0.29) is 48.9 Å². The molecular formula is C20H23FN4O5S. The molecule has 1 heterocycles. The maximum absolute atomic E-state index is 13.9. The van der Waals surface area contributed by atoms with Crippen molar-refractivity contribution in [2.75, 3.05) is 43.4 Å². The first kappa shape index (κ1) is 22.6. The molecule has 1 aliphatic rings. The number of anilines is 1. The molecule has 0 radical (unpaired) electrons. The Balaban J connectivity index is 1.47. The fourth-order valence-corrected chi connectivity index (χ4v) is 4.91. The molecule has 0 bridgehead atoms. The highest BCUT2D eigenvalue weighted by Crippen LogP contribution is 2.21. The molecule has 0 saturated carbocycles. The van der Waals surface area contributed by atoms with Gasteiger partial charge >= 0.3 is 0 Å². The van der Waals surface area contributed by atoms with Gasteiger partial charge in [-0.2, -0.15) is 4.31 Å². The number of benzene rings is 2. The first-order valence-corrected chi connectivity index (χ1v) is 11.4. The van der Waals surface area contributed by atoms with Crippen LogP contribution >= 0.6 is 0 Å². The summed E-state index contributed by atoms with van der Waals surface area (Å²) in [5.74, 6) is -1.12. The average Bonchev–Trinajstić information content (AvgIpc) is 2.77. The van der Waals surface area contributed by atoms with Crippen LogP contribution in [0, 0.1) is 15.9 Å². The smallest absolute Gasteiger partial charge is 0.282 e. The molecule has 31 heavy (non-hydrogen) atoms. The molecule has 9 nitrogen and oxygen atoms in total. The monoisotopic (exact) mass is 450 g/mol. The largest absolute Gasteiger partial charge is 0.367 e. The van der Waals surface area contributed by atoms with Gasteiger partial charge in [0.15, 0.2) is 0 Å². The fourth-order valence-electron chi connectivity index (χ4n) is 3.42. The molecule has 3 rings (SSSR count). The maximum atomic E-state index is 13.9.